The minimum atomic E-state index is 0.601. The summed E-state index contributed by atoms with van der Waals surface area (Å²) in [7, 11) is 0. The summed E-state index contributed by atoms with van der Waals surface area (Å²) in [6.07, 6.45) is 5.31. The summed E-state index contributed by atoms with van der Waals surface area (Å²) < 4.78 is 0. The molecule has 1 aliphatic rings. The lowest BCUT2D eigenvalue weighted by atomic mass is 9.91. The lowest BCUT2D eigenvalue weighted by Gasteiger charge is -2.26. The molecule has 17 heavy (non-hydrogen) atoms. The highest BCUT2D eigenvalue weighted by molar-refractivity contribution is 7.99. The van der Waals surface area contributed by atoms with Crippen LogP contribution in [0, 0.1) is 19.8 Å². The quantitative estimate of drug-likeness (QED) is 0.744. The second kappa shape index (κ2) is 5.57. The molecule has 2 atom stereocenters. The van der Waals surface area contributed by atoms with Crippen LogP contribution in [0.15, 0.2) is 5.03 Å². The fourth-order valence-corrected chi connectivity index (χ4v) is 4.08. The van der Waals surface area contributed by atoms with Gasteiger partial charge in [0.15, 0.2) is 0 Å². The summed E-state index contributed by atoms with van der Waals surface area (Å²) in [4.78, 5) is 8.70. The molecule has 0 saturated heterocycles. The van der Waals surface area contributed by atoms with Crippen LogP contribution < -0.4 is 0 Å². The average Bonchev–Trinajstić information content (AvgIpc) is 2.25. The highest BCUT2D eigenvalue weighted by Gasteiger charge is 2.21. The molecule has 1 aromatic rings. The number of hydrogen-bond donors (Lipinski definition) is 0. The molecule has 0 amide bonds. The summed E-state index contributed by atoms with van der Waals surface area (Å²) in [6.45, 7) is 6.26. The van der Waals surface area contributed by atoms with Crippen molar-refractivity contribution in [3.63, 3.8) is 0 Å². The second-order valence-corrected chi connectivity index (χ2v) is 6.65. The van der Waals surface area contributed by atoms with Crippen LogP contribution in [0.5, 0.6) is 0 Å². The van der Waals surface area contributed by atoms with E-state index in [0.717, 1.165) is 22.3 Å². The Kier molecular flexibility index (Phi) is 4.31. The highest BCUT2D eigenvalue weighted by atomic mass is 35.5. The third-order valence-electron chi connectivity index (χ3n) is 3.32. The molecule has 4 heteroatoms. The van der Waals surface area contributed by atoms with Gasteiger partial charge in [-0.3, -0.25) is 0 Å². The maximum absolute atomic E-state index is 6.10. The van der Waals surface area contributed by atoms with E-state index in [2.05, 4.69) is 16.9 Å². The predicted molar refractivity (Wildman–Crippen MR) is 73.8 cm³/mol. The monoisotopic (exact) mass is 270 g/mol. The summed E-state index contributed by atoms with van der Waals surface area (Å²) in [6, 6.07) is 0. The Hall–Kier alpha value is -0.280. The molecule has 2 rings (SSSR count). The molecule has 1 aliphatic carbocycles. The zero-order chi connectivity index (χ0) is 12.4. The van der Waals surface area contributed by atoms with Crippen LogP contribution in [0.25, 0.3) is 0 Å². The minimum absolute atomic E-state index is 0.601. The van der Waals surface area contributed by atoms with Gasteiger partial charge in [0, 0.05) is 10.8 Å². The van der Waals surface area contributed by atoms with Crippen molar-refractivity contribution in [1.29, 1.82) is 0 Å². The van der Waals surface area contributed by atoms with Crippen molar-refractivity contribution >= 4 is 23.4 Å². The molecule has 0 aliphatic heterocycles. The fourth-order valence-electron chi connectivity index (χ4n) is 2.33. The van der Waals surface area contributed by atoms with Gasteiger partial charge in [-0.15, -0.1) is 11.8 Å². The average molecular weight is 271 g/mol. The maximum Gasteiger partial charge on any atom is 0.136 e. The van der Waals surface area contributed by atoms with Crippen LogP contribution in [0.3, 0.4) is 0 Å². The molecule has 0 radical (unpaired) electrons. The van der Waals surface area contributed by atoms with E-state index in [-0.39, 0.29) is 0 Å². The van der Waals surface area contributed by atoms with Gasteiger partial charge < -0.3 is 0 Å². The van der Waals surface area contributed by atoms with E-state index >= 15 is 0 Å². The third kappa shape index (κ3) is 3.35. The first-order valence-corrected chi connectivity index (χ1v) is 7.49. The molecule has 94 valence electrons. The van der Waals surface area contributed by atoms with Crippen LogP contribution in [0.2, 0.25) is 5.15 Å². The fraction of sp³-hybridized carbons (Fsp3) is 0.692. The molecule has 0 N–H and O–H groups in total. The van der Waals surface area contributed by atoms with Gasteiger partial charge >= 0.3 is 0 Å². The van der Waals surface area contributed by atoms with E-state index in [1.807, 2.05) is 25.6 Å². The molecule has 1 fully saturated rings. The van der Waals surface area contributed by atoms with Crippen molar-refractivity contribution in [1.82, 2.24) is 9.97 Å². The van der Waals surface area contributed by atoms with E-state index < -0.39 is 0 Å². The Morgan fingerprint density at radius 2 is 2.00 bits per heavy atom. The smallest absolute Gasteiger partial charge is 0.136 e. The van der Waals surface area contributed by atoms with Gasteiger partial charge in [0.05, 0.1) is 0 Å². The van der Waals surface area contributed by atoms with Gasteiger partial charge in [0.2, 0.25) is 0 Å². The summed E-state index contributed by atoms with van der Waals surface area (Å²) in [5.41, 5.74) is 1.03. The molecule has 0 bridgehead atoms. The molecule has 1 heterocycles. The van der Waals surface area contributed by atoms with Crippen LogP contribution >= 0.6 is 23.4 Å². The molecule has 1 saturated carbocycles. The van der Waals surface area contributed by atoms with Gasteiger partial charge in [0.1, 0.15) is 16.0 Å². The normalized spacial score (nSPS) is 24.9. The first kappa shape index (κ1) is 13.2. The highest BCUT2D eigenvalue weighted by Crippen LogP contribution is 2.37. The Balaban J connectivity index is 2.12. The summed E-state index contributed by atoms with van der Waals surface area (Å²) in [5, 5.41) is 2.37. The number of rotatable bonds is 2. The van der Waals surface area contributed by atoms with Crippen molar-refractivity contribution in [2.75, 3.05) is 0 Å². The number of nitrogens with zero attached hydrogens (tertiary/aromatic N) is 2. The van der Waals surface area contributed by atoms with E-state index in [0.29, 0.717) is 10.4 Å². The third-order valence-corrected chi connectivity index (χ3v) is 5.07. The molecule has 0 aromatic carbocycles. The van der Waals surface area contributed by atoms with Gasteiger partial charge in [-0.05, 0) is 32.6 Å². The number of hydrogen-bond acceptors (Lipinski definition) is 3. The number of halogens is 1. The van der Waals surface area contributed by atoms with Crippen LogP contribution in [0.1, 0.15) is 44.0 Å². The Labute approximate surface area is 113 Å². The Morgan fingerprint density at radius 1 is 1.24 bits per heavy atom. The van der Waals surface area contributed by atoms with Gasteiger partial charge in [-0.2, -0.15) is 0 Å². The first-order chi connectivity index (χ1) is 8.06. The first-order valence-electron chi connectivity index (χ1n) is 6.23. The standard InChI is InChI=1S/C13H19ClN2S/c1-8-5-4-6-11(7-8)17-13-9(2)12(14)15-10(3)16-13/h8,11H,4-7H2,1-3H3. The molecular weight excluding hydrogens is 252 g/mol. The Morgan fingerprint density at radius 3 is 2.71 bits per heavy atom. The van der Waals surface area contributed by atoms with E-state index in [9.17, 15) is 0 Å². The molecule has 0 spiro atoms. The van der Waals surface area contributed by atoms with Crippen molar-refractivity contribution in [3.05, 3.63) is 16.5 Å². The minimum Gasteiger partial charge on any atom is -0.227 e. The zero-order valence-corrected chi connectivity index (χ0v) is 12.2. The van der Waals surface area contributed by atoms with E-state index in [1.165, 1.54) is 25.7 Å². The molecule has 1 aromatic heterocycles. The predicted octanol–water partition coefficient (Wildman–Crippen LogP) is 4.42. The van der Waals surface area contributed by atoms with Crippen molar-refractivity contribution in [2.45, 2.75) is 56.7 Å². The van der Waals surface area contributed by atoms with Crippen LogP contribution in [-0.2, 0) is 0 Å². The maximum atomic E-state index is 6.10. The summed E-state index contributed by atoms with van der Waals surface area (Å²) >= 11 is 7.99. The molecule has 2 nitrogen and oxygen atoms in total. The van der Waals surface area contributed by atoms with E-state index in [1.54, 1.807) is 0 Å². The lowest BCUT2D eigenvalue weighted by Crippen LogP contribution is -2.15. The molecule has 2 unspecified atom stereocenters. The zero-order valence-electron chi connectivity index (χ0n) is 10.7. The summed E-state index contributed by atoms with van der Waals surface area (Å²) in [5.74, 6) is 1.62. The topological polar surface area (TPSA) is 25.8 Å². The Bertz CT molecular complexity index is 409. The second-order valence-electron chi connectivity index (χ2n) is 5.00. The van der Waals surface area contributed by atoms with Gasteiger partial charge in [0.25, 0.3) is 0 Å². The van der Waals surface area contributed by atoms with E-state index in [4.69, 9.17) is 11.6 Å². The number of aryl methyl sites for hydroxylation is 1. The van der Waals surface area contributed by atoms with Crippen LogP contribution in [0.4, 0.5) is 0 Å². The largest absolute Gasteiger partial charge is 0.227 e. The van der Waals surface area contributed by atoms with Crippen molar-refractivity contribution in [3.8, 4) is 0 Å². The lowest BCUT2D eigenvalue weighted by molar-refractivity contribution is 0.394. The number of thioether (sulfide) groups is 1. The van der Waals surface area contributed by atoms with Gasteiger partial charge in [-0.25, -0.2) is 9.97 Å². The number of aromatic nitrogens is 2. The van der Waals surface area contributed by atoms with Crippen molar-refractivity contribution in [2.24, 2.45) is 5.92 Å². The SMILES string of the molecule is Cc1nc(Cl)c(C)c(SC2CCCC(C)C2)n1. The van der Waals surface area contributed by atoms with Crippen LogP contribution in [-0.4, -0.2) is 15.2 Å². The van der Waals surface area contributed by atoms with Crippen molar-refractivity contribution < 1.29 is 0 Å². The van der Waals surface area contributed by atoms with Gasteiger partial charge in [-0.1, -0.05) is 31.4 Å². The molecular formula is C13H19ClN2S.